The fourth-order valence-electron chi connectivity index (χ4n) is 2.88. The van der Waals surface area contributed by atoms with Gasteiger partial charge in [0, 0.05) is 28.0 Å². The molecule has 5 nitrogen and oxygen atoms in total. The molecule has 3 rings (SSSR count). The quantitative estimate of drug-likeness (QED) is 0.659. The van der Waals surface area contributed by atoms with Gasteiger partial charge in [0.25, 0.3) is 0 Å². The number of rotatable bonds is 7. The van der Waals surface area contributed by atoms with E-state index >= 15 is 0 Å². The van der Waals surface area contributed by atoms with Crippen molar-refractivity contribution in [1.29, 1.82) is 0 Å². The van der Waals surface area contributed by atoms with Crippen LogP contribution < -0.4 is 9.46 Å². The Bertz CT molecular complexity index is 987. The van der Waals surface area contributed by atoms with E-state index in [1.54, 1.807) is 13.2 Å². The molecule has 2 N–H and O–H groups in total. The maximum Gasteiger partial charge on any atom is 0.250 e. The van der Waals surface area contributed by atoms with Crippen molar-refractivity contribution in [3.63, 3.8) is 0 Å². The monoisotopic (exact) mass is 378 g/mol. The molecule has 134 valence electrons. The lowest BCUT2D eigenvalue weighted by Crippen LogP contribution is -2.25. The molecule has 0 radical (unpaired) electrons. The molecule has 0 saturated carbocycles. The SMILES string of the molecule is CCc1ccc(S(=O)(=O)NCCc2c(C)[nH]c3ccc(OC)cc23)s1. The summed E-state index contributed by atoms with van der Waals surface area (Å²) in [5.41, 5.74) is 3.19. The molecular weight excluding hydrogens is 356 g/mol. The van der Waals surface area contributed by atoms with Gasteiger partial charge < -0.3 is 9.72 Å². The molecule has 7 heteroatoms. The third-order valence-electron chi connectivity index (χ3n) is 4.24. The molecule has 0 saturated heterocycles. The summed E-state index contributed by atoms with van der Waals surface area (Å²) >= 11 is 1.33. The number of hydrogen-bond donors (Lipinski definition) is 2. The molecule has 0 aliphatic carbocycles. The second kappa shape index (κ2) is 7.19. The third kappa shape index (κ3) is 3.73. The highest BCUT2D eigenvalue weighted by molar-refractivity contribution is 7.91. The third-order valence-corrected chi connectivity index (χ3v) is 7.43. The van der Waals surface area contributed by atoms with Crippen molar-refractivity contribution in [1.82, 2.24) is 9.71 Å². The van der Waals surface area contributed by atoms with Crippen molar-refractivity contribution < 1.29 is 13.2 Å². The second-order valence-corrected chi connectivity index (χ2v) is 9.02. The number of aryl methyl sites for hydroxylation is 2. The zero-order chi connectivity index (χ0) is 18.0. The molecule has 0 aliphatic rings. The average molecular weight is 379 g/mol. The molecule has 0 unspecified atom stereocenters. The molecule has 2 aromatic heterocycles. The van der Waals surface area contributed by atoms with Gasteiger partial charge in [-0.05, 0) is 55.7 Å². The minimum absolute atomic E-state index is 0.354. The van der Waals surface area contributed by atoms with Crippen molar-refractivity contribution >= 4 is 32.3 Å². The lowest BCUT2D eigenvalue weighted by Gasteiger charge is -2.06. The fourth-order valence-corrected chi connectivity index (χ4v) is 5.26. The lowest BCUT2D eigenvalue weighted by atomic mass is 10.1. The van der Waals surface area contributed by atoms with Crippen LogP contribution in [-0.4, -0.2) is 27.1 Å². The van der Waals surface area contributed by atoms with Crippen LogP contribution >= 0.6 is 11.3 Å². The first-order valence-corrected chi connectivity index (χ1v) is 10.5. The molecule has 0 aliphatic heterocycles. The molecule has 2 heterocycles. The summed E-state index contributed by atoms with van der Waals surface area (Å²) < 4.78 is 33.2. The number of nitrogens with one attached hydrogen (secondary N) is 2. The number of benzene rings is 1. The summed E-state index contributed by atoms with van der Waals surface area (Å²) in [6.07, 6.45) is 1.46. The Labute approximate surface area is 152 Å². The maximum absolute atomic E-state index is 12.4. The Balaban J connectivity index is 1.75. The molecule has 1 aromatic carbocycles. The number of aromatic nitrogens is 1. The molecule has 0 fully saturated rings. The van der Waals surface area contributed by atoms with Gasteiger partial charge in [-0.1, -0.05) is 6.92 Å². The molecule has 0 bridgehead atoms. The van der Waals surface area contributed by atoms with Gasteiger partial charge in [-0.15, -0.1) is 11.3 Å². The minimum Gasteiger partial charge on any atom is -0.497 e. The molecule has 25 heavy (non-hydrogen) atoms. The van der Waals surface area contributed by atoms with Gasteiger partial charge in [-0.2, -0.15) is 0 Å². The predicted molar refractivity (Wildman–Crippen MR) is 102 cm³/mol. The lowest BCUT2D eigenvalue weighted by molar-refractivity contribution is 0.415. The normalized spacial score (nSPS) is 12.0. The van der Waals surface area contributed by atoms with E-state index in [0.717, 1.165) is 39.2 Å². The van der Waals surface area contributed by atoms with Crippen molar-refractivity contribution in [2.24, 2.45) is 0 Å². The number of aromatic amines is 1. The van der Waals surface area contributed by atoms with E-state index in [2.05, 4.69) is 9.71 Å². The first-order valence-electron chi connectivity index (χ1n) is 8.18. The van der Waals surface area contributed by atoms with Crippen molar-refractivity contribution in [3.8, 4) is 5.75 Å². The number of hydrogen-bond acceptors (Lipinski definition) is 4. The van der Waals surface area contributed by atoms with E-state index in [-0.39, 0.29) is 0 Å². The van der Waals surface area contributed by atoms with Gasteiger partial charge in [0.15, 0.2) is 0 Å². The smallest absolute Gasteiger partial charge is 0.250 e. The zero-order valence-electron chi connectivity index (χ0n) is 14.5. The molecule has 0 atom stereocenters. The van der Waals surface area contributed by atoms with Gasteiger partial charge in [-0.25, -0.2) is 13.1 Å². The van der Waals surface area contributed by atoms with Crippen LogP contribution in [0.25, 0.3) is 10.9 Å². The van der Waals surface area contributed by atoms with Crippen molar-refractivity contribution in [2.75, 3.05) is 13.7 Å². The Kier molecular flexibility index (Phi) is 5.17. The first kappa shape index (κ1) is 18.0. The summed E-state index contributed by atoms with van der Waals surface area (Å²) in [5, 5.41) is 1.07. The fraction of sp³-hybridized carbons (Fsp3) is 0.333. The summed E-state index contributed by atoms with van der Waals surface area (Å²) in [4.78, 5) is 4.41. The summed E-state index contributed by atoms with van der Waals surface area (Å²) in [6, 6.07) is 9.41. The largest absolute Gasteiger partial charge is 0.497 e. The standard InChI is InChI=1S/C18H22N2O3S2/c1-4-14-6-8-18(24-14)25(21,22)19-10-9-15-12(2)20-17-7-5-13(23-3)11-16(15)17/h5-8,11,19-20H,4,9-10H2,1-3H3. The molecular formula is C18H22N2O3S2. The van der Waals surface area contributed by atoms with Gasteiger partial charge in [0.05, 0.1) is 7.11 Å². The number of H-pyrrole nitrogens is 1. The summed E-state index contributed by atoms with van der Waals surface area (Å²) in [7, 11) is -1.81. The number of ether oxygens (including phenoxy) is 1. The zero-order valence-corrected chi connectivity index (χ0v) is 16.2. The van der Waals surface area contributed by atoms with Crippen molar-refractivity contribution in [2.45, 2.75) is 30.9 Å². The van der Waals surface area contributed by atoms with E-state index in [1.165, 1.54) is 11.3 Å². The van der Waals surface area contributed by atoms with E-state index < -0.39 is 10.0 Å². The topological polar surface area (TPSA) is 71.2 Å². The highest BCUT2D eigenvalue weighted by atomic mass is 32.2. The highest BCUT2D eigenvalue weighted by Crippen LogP contribution is 2.27. The van der Waals surface area contributed by atoms with E-state index in [9.17, 15) is 8.42 Å². The molecule has 0 amide bonds. The van der Waals surface area contributed by atoms with Crippen LogP contribution in [0.2, 0.25) is 0 Å². The van der Waals surface area contributed by atoms with E-state index in [0.29, 0.717) is 17.2 Å². The van der Waals surface area contributed by atoms with Crippen molar-refractivity contribution in [3.05, 3.63) is 46.5 Å². The minimum atomic E-state index is -3.45. The van der Waals surface area contributed by atoms with Crippen LogP contribution in [0.4, 0.5) is 0 Å². The van der Waals surface area contributed by atoms with Gasteiger partial charge in [-0.3, -0.25) is 0 Å². The number of fused-ring (bicyclic) bond motifs is 1. The summed E-state index contributed by atoms with van der Waals surface area (Å²) in [5.74, 6) is 0.791. The first-order chi connectivity index (χ1) is 11.9. The predicted octanol–water partition coefficient (Wildman–Crippen LogP) is 3.63. The Morgan fingerprint density at radius 1 is 1.24 bits per heavy atom. The highest BCUT2D eigenvalue weighted by Gasteiger charge is 2.17. The van der Waals surface area contributed by atoms with E-state index in [4.69, 9.17) is 4.74 Å². The molecule has 0 spiro atoms. The van der Waals surface area contributed by atoms with Crippen LogP contribution in [0.3, 0.4) is 0 Å². The average Bonchev–Trinajstić information content (AvgIpc) is 3.19. The second-order valence-electron chi connectivity index (χ2n) is 5.86. The van der Waals surface area contributed by atoms with Crippen LogP contribution in [0, 0.1) is 6.92 Å². The van der Waals surface area contributed by atoms with Gasteiger partial charge in [0.2, 0.25) is 10.0 Å². The maximum atomic E-state index is 12.4. The van der Waals surface area contributed by atoms with Gasteiger partial charge in [0.1, 0.15) is 9.96 Å². The number of methoxy groups -OCH3 is 1. The van der Waals surface area contributed by atoms with Gasteiger partial charge >= 0.3 is 0 Å². The van der Waals surface area contributed by atoms with E-state index in [1.807, 2.05) is 38.1 Å². The number of thiophene rings is 1. The van der Waals surface area contributed by atoms with Crippen LogP contribution in [0.15, 0.2) is 34.5 Å². The molecule has 3 aromatic rings. The Hall–Kier alpha value is -1.83. The summed E-state index contributed by atoms with van der Waals surface area (Å²) in [6.45, 7) is 4.37. The van der Waals surface area contributed by atoms with Crippen LogP contribution in [-0.2, 0) is 22.9 Å². The van der Waals surface area contributed by atoms with Crippen LogP contribution in [0.1, 0.15) is 23.1 Å². The Morgan fingerprint density at radius 3 is 2.72 bits per heavy atom. The van der Waals surface area contributed by atoms with Crippen LogP contribution in [0.5, 0.6) is 5.75 Å². The number of sulfonamides is 1. The Morgan fingerprint density at radius 2 is 2.04 bits per heavy atom.